The number of nitriles is 1. The number of benzene rings is 1. The number of rotatable bonds is 1. The van der Waals surface area contributed by atoms with Crippen LogP contribution in [0.15, 0.2) is 18.2 Å². The Morgan fingerprint density at radius 2 is 2.00 bits per heavy atom. The molecular weight excluding hydrogens is 165 g/mol. The molecule has 0 saturated carbocycles. The first-order valence-electron chi connectivity index (χ1n) is 4.16. The summed E-state index contributed by atoms with van der Waals surface area (Å²) in [5.74, 6) is -0.299. The summed E-state index contributed by atoms with van der Waals surface area (Å²) in [4.78, 5) is 0. The minimum absolute atomic E-state index is 0.299. The van der Waals surface area contributed by atoms with Gasteiger partial charge in [-0.2, -0.15) is 5.26 Å². The van der Waals surface area contributed by atoms with Crippen LogP contribution in [0.4, 0.5) is 4.39 Å². The number of nitrogens with zero attached hydrogens (tertiary/aromatic N) is 1. The predicted octanol–water partition coefficient (Wildman–Crippen LogP) is 2.94. The molecule has 0 radical (unpaired) electrons. The van der Waals surface area contributed by atoms with Crippen LogP contribution in [0.5, 0.6) is 0 Å². The van der Waals surface area contributed by atoms with Crippen LogP contribution in [-0.4, -0.2) is 0 Å². The lowest BCUT2D eigenvalue weighted by Crippen LogP contribution is -2.17. The van der Waals surface area contributed by atoms with Crippen LogP contribution in [0.2, 0.25) is 0 Å². The highest BCUT2D eigenvalue weighted by atomic mass is 19.1. The van der Waals surface area contributed by atoms with Crippen molar-refractivity contribution in [1.29, 1.82) is 5.26 Å². The highest BCUT2D eigenvalue weighted by Crippen LogP contribution is 2.27. The van der Waals surface area contributed by atoms with Crippen molar-refractivity contribution >= 4 is 0 Å². The summed E-state index contributed by atoms with van der Waals surface area (Å²) in [5, 5.41) is 8.88. The molecule has 0 saturated heterocycles. The zero-order valence-corrected chi connectivity index (χ0v) is 8.06. The lowest BCUT2D eigenvalue weighted by Gasteiger charge is -2.18. The number of aryl methyl sites for hydroxylation is 1. The van der Waals surface area contributed by atoms with Crippen molar-refractivity contribution in [1.82, 2.24) is 0 Å². The first kappa shape index (κ1) is 9.73. The molecule has 0 N–H and O–H groups in total. The highest BCUT2D eigenvalue weighted by molar-refractivity contribution is 5.37. The number of halogens is 1. The Morgan fingerprint density at radius 3 is 2.46 bits per heavy atom. The van der Waals surface area contributed by atoms with Gasteiger partial charge in [-0.3, -0.25) is 0 Å². The molecule has 1 rings (SSSR count). The van der Waals surface area contributed by atoms with E-state index in [-0.39, 0.29) is 5.82 Å². The molecule has 0 heterocycles. The van der Waals surface area contributed by atoms with Crippen LogP contribution in [0.25, 0.3) is 0 Å². The Bertz CT molecular complexity index is 341. The smallest absolute Gasteiger partial charge is 0.128 e. The van der Waals surface area contributed by atoms with E-state index in [1.165, 1.54) is 6.07 Å². The van der Waals surface area contributed by atoms with E-state index < -0.39 is 5.41 Å². The molecule has 2 heteroatoms. The minimum atomic E-state index is -0.755. The van der Waals surface area contributed by atoms with Crippen molar-refractivity contribution in [2.24, 2.45) is 0 Å². The van der Waals surface area contributed by atoms with Crippen LogP contribution in [0.3, 0.4) is 0 Å². The van der Waals surface area contributed by atoms with E-state index in [1.54, 1.807) is 19.9 Å². The van der Waals surface area contributed by atoms with Crippen LogP contribution in [0, 0.1) is 24.1 Å². The van der Waals surface area contributed by atoms with E-state index in [4.69, 9.17) is 5.26 Å². The molecule has 1 nitrogen and oxygen atoms in total. The quantitative estimate of drug-likeness (QED) is 0.647. The normalized spacial score (nSPS) is 11.0. The van der Waals surface area contributed by atoms with Gasteiger partial charge in [-0.05, 0) is 32.4 Å². The zero-order chi connectivity index (χ0) is 10.1. The van der Waals surface area contributed by atoms with Crippen molar-refractivity contribution in [3.05, 3.63) is 35.1 Å². The summed E-state index contributed by atoms with van der Waals surface area (Å²) in [6.07, 6.45) is 0. The van der Waals surface area contributed by atoms with Crippen molar-refractivity contribution in [3.8, 4) is 6.07 Å². The van der Waals surface area contributed by atoms with Gasteiger partial charge >= 0.3 is 0 Å². The fourth-order valence-electron chi connectivity index (χ4n) is 1.48. The SMILES string of the molecule is Cc1cccc(F)c1C(C)(C)C#N. The maximum absolute atomic E-state index is 13.4. The van der Waals surface area contributed by atoms with Gasteiger partial charge in [0.05, 0.1) is 11.5 Å². The van der Waals surface area contributed by atoms with Gasteiger partial charge in [0, 0.05) is 5.56 Å². The summed E-state index contributed by atoms with van der Waals surface area (Å²) in [6.45, 7) is 5.26. The van der Waals surface area contributed by atoms with E-state index in [1.807, 2.05) is 13.0 Å². The third-order valence-corrected chi connectivity index (χ3v) is 2.13. The summed E-state index contributed by atoms with van der Waals surface area (Å²) in [6, 6.07) is 6.96. The number of hydrogen-bond donors (Lipinski definition) is 0. The van der Waals surface area contributed by atoms with Crippen LogP contribution < -0.4 is 0 Å². The molecule has 0 aromatic heterocycles. The molecule has 0 aliphatic heterocycles. The van der Waals surface area contributed by atoms with E-state index in [0.717, 1.165) is 5.56 Å². The van der Waals surface area contributed by atoms with E-state index in [9.17, 15) is 4.39 Å². The average molecular weight is 177 g/mol. The molecule has 0 bridgehead atoms. The van der Waals surface area contributed by atoms with Crippen molar-refractivity contribution < 1.29 is 4.39 Å². The molecule has 0 unspecified atom stereocenters. The highest BCUT2D eigenvalue weighted by Gasteiger charge is 2.25. The van der Waals surface area contributed by atoms with Gasteiger partial charge in [0.25, 0.3) is 0 Å². The summed E-state index contributed by atoms with van der Waals surface area (Å²) >= 11 is 0. The van der Waals surface area contributed by atoms with Gasteiger partial charge in [0.1, 0.15) is 5.82 Å². The van der Waals surface area contributed by atoms with Gasteiger partial charge in [-0.25, -0.2) is 4.39 Å². The van der Waals surface area contributed by atoms with Gasteiger partial charge in [-0.15, -0.1) is 0 Å². The molecule has 0 atom stereocenters. The van der Waals surface area contributed by atoms with Crippen molar-refractivity contribution in [2.75, 3.05) is 0 Å². The molecule has 0 aliphatic carbocycles. The molecule has 0 amide bonds. The Kier molecular flexibility index (Phi) is 2.38. The Labute approximate surface area is 77.8 Å². The van der Waals surface area contributed by atoms with E-state index in [2.05, 4.69) is 6.07 Å². The van der Waals surface area contributed by atoms with Crippen LogP contribution >= 0.6 is 0 Å². The molecule has 1 aromatic carbocycles. The molecular formula is C11H12FN. The molecule has 0 fully saturated rings. The maximum Gasteiger partial charge on any atom is 0.128 e. The Balaban J connectivity index is 3.38. The predicted molar refractivity (Wildman–Crippen MR) is 49.8 cm³/mol. The van der Waals surface area contributed by atoms with Crippen molar-refractivity contribution in [3.63, 3.8) is 0 Å². The lowest BCUT2D eigenvalue weighted by molar-refractivity contribution is 0.561. The van der Waals surface area contributed by atoms with Crippen LogP contribution in [0.1, 0.15) is 25.0 Å². The zero-order valence-electron chi connectivity index (χ0n) is 8.06. The van der Waals surface area contributed by atoms with Crippen LogP contribution in [-0.2, 0) is 5.41 Å². The minimum Gasteiger partial charge on any atom is -0.207 e. The fraction of sp³-hybridized carbons (Fsp3) is 0.364. The molecule has 1 aromatic rings. The van der Waals surface area contributed by atoms with Gasteiger partial charge < -0.3 is 0 Å². The lowest BCUT2D eigenvalue weighted by atomic mass is 9.83. The Hall–Kier alpha value is -1.36. The van der Waals surface area contributed by atoms with Gasteiger partial charge in [0.15, 0.2) is 0 Å². The second-order valence-electron chi connectivity index (χ2n) is 3.67. The second-order valence-corrected chi connectivity index (χ2v) is 3.67. The van der Waals surface area contributed by atoms with Crippen molar-refractivity contribution in [2.45, 2.75) is 26.2 Å². The van der Waals surface area contributed by atoms with Gasteiger partial charge in [-0.1, -0.05) is 12.1 Å². The third-order valence-electron chi connectivity index (χ3n) is 2.13. The molecule has 0 spiro atoms. The largest absolute Gasteiger partial charge is 0.207 e. The second kappa shape index (κ2) is 3.18. The standard InChI is InChI=1S/C11H12FN/c1-8-5-4-6-9(12)10(8)11(2,3)7-13/h4-6H,1-3H3. The topological polar surface area (TPSA) is 23.8 Å². The first-order chi connectivity index (χ1) is 5.99. The van der Waals surface area contributed by atoms with E-state index >= 15 is 0 Å². The van der Waals surface area contributed by atoms with Gasteiger partial charge in [0.2, 0.25) is 0 Å². The monoisotopic (exact) mass is 177 g/mol. The summed E-state index contributed by atoms with van der Waals surface area (Å²) in [5.41, 5.74) is 0.569. The van der Waals surface area contributed by atoms with E-state index in [0.29, 0.717) is 5.56 Å². The summed E-state index contributed by atoms with van der Waals surface area (Å²) < 4.78 is 13.4. The molecule has 68 valence electrons. The molecule has 0 aliphatic rings. The fourth-order valence-corrected chi connectivity index (χ4v) is 1.48. The Morgan fingerprint density at radius 1 is 1.38 bits per heavy atom. The summed E-state index contributed by atoms with van der Waals surface area (Å²) in [7, 11) is 0. The maximum atomic E-state index is 13.4. The third kappa shape index (κ3) is 1.70. The molecule has 13 heavy (non-hydrogen) atoms. The first-order valence-corrected chi connectivity index (χ1v) is 4.16. The average Bonchev–Trinajstić information content (AvgIpc) is 2.03. The number of hydrogen-bond acceptors (Lipinski definition) is 1.